The minimum Gasteiger partial charge on any atom is -0.468 e. The Morgan fingerprint density at radius 2 is 2.32 bits per heavy atom. The van der Waals surface area contributed by atoms with Crippen molar-refractivity contribution in [2.24, 2.45) is 13.0 Å². The molecule has 1 fully saturated rings. The lowest BCUT2D eigenvalue weighted by Crippen LogP contribution is -2.43. The number of rotatable bonds is 6. The second-order valence-electron chi connectivity index (χ2n) is 6.34. The molecule has 1 unspecified atom stereocenters. The minimum atomic E-state index is -3.43. The number of nitrogens with zero attached hydrogens (tertiary/aromatic N) is 3. The number of likely N-dealkylation sites (tertiary alicyclic amines) is 1. The van der Waals surface area contributed by atoms with Crippen molar-refractivity contribution in [3.63, 3.8) is 0 Å². The van der Waals surface area contributed by atoms with Crippen molar-refractivity contribution in [1.82, 2.24) is 19.4 Å². The van der Waals surface area contributed by atoms with Crippen LogP contribution in [0.1, 0.15) is 29.0 Å². The number of nitrogens with one attached hydrogen (secondary N) is 1. The molecule has 136 valence electrons. The summed E-state index contributed by atoms with van der Waals surface area (Å²) in [5.74, 6) is 0.396. The standard InChI is InChI=1S/C16H22N4O4S/c1-19-11-14(8-17-19)16(21)20-6-2-4-13(10-20)12-25(22,23)18-9-15-5-3-7-24-15/h3,5,7-8,11,13,18H,2,4,6,9-10,12H2,1H3. The fourth-order valence-electron chi connectivity index (χ4n) is 3.06. The molecule has 0 radical (unpaired) electrons. The van der Waals surface area contributed by atoms with Gasteiger partial charge in [-0.2, -0.15) is 5.10 Å². The van der Waals surface area contributed by atoms with Gasteiger partial charge in [0.05, 0.1) is 30.3 Å². The summed E-state index contributed by atoms with van der Waals surface area (Å²) in [6.07, 6.45) is 6.30. The molecule has 9 heteroatoms. The molecule has 1 atom stereocenters. The highest BCUT2D eigenvalue weighted by atomic mass is 32.2. The summed E-state index contributed by atoms with van der Waals surface area (Å²) in [6, 6.07) is 3.43. The number of sulfonamides is 1. The maximum absolute atomic E-state index is 12.5. The van der Waals surface area contributed by atoms with Crippen LogP contribution < -0.4 is 4.72 Å². The zero-order valence-corrected chi connectivity index (χ0v) is 14.9. The van der Waals surface area contributed by atoms with Gasteiger partial charge in [-0.1, -0.05) is 0 Å². The van der Waals surface area contributed by atoms with Crippen LogP contribution in [-0.4, -0.2) is 47.8 Å². The first-order valence-corrected chi connectivity index (χ1v) is 9.86. The Bertz CT molecular complexity index is 813. The lowest BCUT2D eigenvalue weighted by Gasteiger charge is -2.32. The topological polar surface area (TPSA) is 97.4 Å². The third-order valence-corrected chi connectivity index (χ3v) is 5.75. The van der Waals surface area contributed by atoms with Crippen molar-refractivity contribution in [2.75, 3.05) is 18.8 Å². The fourth-order valence-corrected chi connectivity index (χ4v) is 4.44. The predicted molar refractivity (Wildman–Crippen MR) is 91.2 cm³/mol. The van der Waals surface area contributed by atoms with Crippen LogP contribution in [0.3, 0.4) is 0 Å². The van der Waals surface area contributed by atoms with Gasteiger partial charge in [-0.25, -0.2) is 13.1 Å². The Labute approximate surface area is 146 Å². The molecule has 1 N–H and O–H groups in total. The molecule has 2 aromatic rings. The van der Waals surface area contributed by atoms with Gasteiger partial charge in [-0.3, -0.25) is 9.48 Å². The Morgan fingerprint density at radius 1 is 1.48 bits per heavy atom. The Morgan fingerprint density at radius 3 is 3.00 bits per heavy atom. The highest BCUT2D eigenvalue weighted by Crippen LogP contribution is 2.20. The van der Waals surface area contributed by atoms with Crippen LogP contribution in [0.5, 0.6) is 0 Å². The summed E-state index contributed by atoms with van der Waals surface area (Å²) < 4.78 is 33.8. The number of amides is 1. The summed E-state index contributed by atoms with van der Waals surface area (Å²) in [6.45, 7) is 1.22. The lowest BCUT2D eigenvalue weighted by atomic mass is 9.99. The van der Waals surface area contributed by atoms with Crippen molar-refractivity contribution < 1.29 is 17.6 Å². The van der Waals surface area contributed by atoms with E-state index in [9.17, 15) is 13.2 Å². The lowest BCUT2D eigenvalue weighted by molar-refractivity contribution is 0.0684. The molecule has 1 aliphatic heterocycles. The molecule has 1 aliphatic rings. The van der Waals surface area contributed by atoms with Gasteiger partial charge in [0.2, 0.25) is 10.0 Å². The van der Waals surface area contributed by atoms with E-state index in [0.717, 1.165) is 12.8 Å². The average Bonchev–Trinajstić information content (AvgIpc) is 3.24. The van der Waals surface area contributed by atoms with Crippen molar-refractivity contribution in [3.05, 3.63) is 42.1 Å². The van der Waals surface area contributed by atoms with E-state index in [-0.39, 0.29) is 24.1 Å². The fraction of sp³-hybridized carbons (Fsp3) is 0.500. The van der Waals surface area contributed by atoms with Gasteiger partial charge in [0.25, 0.3) is 5.91 Å². The summed E-state index contributed by atoms with van der Waals surface area (Å²) in [5, 5.41) is 4.01. The number of carbonyl (C=O) groups is 1. The molecule has 3 rings (SSSR count). The molecule has 0 aliphatic carbocycles. The number of hydrogen-bond acceptors (Lipinski definition) is 5. The zero-order valence-electron chi connectivity index (χ0n) is 14.1. The van der Waals surface area contributed by atoms with Crippen LogP contribution >= 0.6 is 0 Å². The van der Waals surface area contributed by atoms with Crippen LogP contribution in [0.15, 0.2) is 35.2 Å². The molecular weight excluding hydrogens is 344 g/mol. The van der Waals surface area contributed by atoms with Crippen molar-refractivity contribution in [3.8, 4) is 0 Å². The van der Waals surface area contributed by atoms with E-state index in [1.807, 2.05) is 0 Å². The van der Waals surface area contributed by atoms with Gasteiger partial charge in [-0.05, 0) is 30.9 Å². The van der Waals surface area contributed by atoms with Gasteiger partial charge in [0, 0.05) is 26.3 Å². The first-order chi connectivity index (χ1) is 11.9. The molecule has 0 spiro atoms. The maximum atomic E-state index is 12.5. The smallest absolute Gasteiger partial charge is 0.257 e. The van der Waals surface area contributed by atoms with Gasteiger partial charge >= 0.3 is 0 Å². The number of furan rings is 1. The van der Waals surface area contributed by atoms with Gasteiger partial charge in [0.1, 0.15) is 5.76 Å². The van der Waals surface area contributed by atoms with E-state index in [0.29, 0.717) is 24.4 Å². The largest absolute Gasteiger partial charge is 0.468 e. The average molecular weight is 366 g/mol. The summed E-state index contributed by atoms with van der Waals surface area (Å²) in [7, 11) is -1.67. The number of hydrogen-bond donors (Lipinski definition) is 1. The molecule has 0 saturated carbocycles. The highest BCUT2D eigenvalue weighted by molar-refractivity contribution is 7.89. The molecule has 25 heavy (non-hydrogen) atoms. The molecule has 3 heterocycles. The van der Waals surface area contributed by atoms with Gasteiger partial charge < -0.3 is 9.32 Å². The van der Waals surface area contributed by atoms with E-state index < -0.39 is 10.0 Å². The zero-order chi connectivity index (χ0) is 17.9. The Kier molecular flexibility index (Phi) is 5.24. The number of aryl methyl sites for hydroxylation is 1. The van der Waals surface area contributed by atoms with Crippen LogP contribution in [0.25, 0.3) is 0 Å². The highest BCUT2D eigenvalue weighted by Gasteiger charge is 2.28. The van der Waals surface area contributed by atoms with Crippen LogP contribution in [0, 0.1) is 5.92 Å². The SMILES string of the molecule is Cn1cc(C(=O)N2CCCC(CS(=O)(=O)NCc3ccco3)C2)cn1. The van der Waals surface area contributed by atoms with Crippen LogP contribution in [-0.2, 0) is 23.6 Å². The Balaban J connectivity index is 1.56. The van der Waals surface area contributed by atoms with E-state index in [4.69, 9.17) is 4.42 Å². The second-order valence-corrected chi connectivity index (χ2v) is 8.20. The monoisotopic (exact) mass is 366 g/mol. The first kappa shape index (κ1) is 17.7. The molecule has 1 saturated heterocycles. The summed E-state index contributed by atoms with van der Waals surface area (Å²) in [4.78, 5) is 14.2. The van der Waals surface area contributed by atoms with Gasteiger partial charge in [0.15, 0.2) is 0 Å². The van der Waals surface area contributed by atoms with E-state index in [2.05, 4.69) is 9.82 Å². The summed E-state index contributed by atoms with van der Waals surface area (Å²) in [5.41, 5.74) is 0.530. The van der Waals surface area contributed by atoms with Crippen molar-refractivity contribution in [2.45, 2.75) is 19.4 Å². The van der Waals surface area contributed by atoms with E-state index in [1.54, 1.807) is 35.0 Å². The normalized spacial score (nSPS) is 18.4. The molecule has 1 amide bonds. The minimum absolute atomic E-state index is 0.00449. The number of carbonyl (C=O) groups excluding carboxylic acids is 1. The third kappa shape index (κ3) is 4.70. The van der Waals surface area contributed by atoms with E-state index in [1.165, 1.54) is 12.5 Å². The quantitative estimate of drug-likeness (QED) is 0.822. The first-order valence-electron chi connectivity index (χ1n) is 8.20. The predicted octanol–water partition coefficient (Wildman–Crippen LogP) is 0.985. The van der Waals surface area contributed by atoms with Crippen molar-refractivity contribution in [1.29, 1.82) is 0 Å². The molecule has 0 bridgehead atoms. The van der Waals surface area contributed by atoms with Gasteiger partial charge in [-0.15, -0.1) is 0 Å². The van der Waals surface area contributed by atoms with E-state index >= 15 is 0 Å². The van der Waals surface area contributed by atoms with Crippen molar-refractivity contribution >= 4 is 15.9 Å². The second kappa shape index (κ2) is 7.40. The molecule has 0 aromatic carbocycles. The molecular formula is C16H22N4O4S. The molecule has 2 aromatic heterocycles. The number of piperidine rings is 1. The Hall–Kier alpha value is -2.13. The van der Waals surface area contributed by atoms with Crippen LogP contribution in [0.4, 0.5) is 0 Å². The molecule has 8 nitrogen and oxygen atoms in total. The summed E-state index contributed by atoms with van der Waals surface area (Å²) >= 11 is 0. The maximum Gasteiger partial charge on any atom is 0.257 e. The number of aromatic nitrogens is 2. The van der Waals surface area contributed by atoms with Crippen LogP contribution in [0.2, 0.25) is 0 Å². The third-order valence-electron chi connectivity index (χ3n) is 4.26.